The van der Waals surface area contributed by atoms with Gasteiger partial charge in [-0.2, -0.15) is 0 Å². The smallest absolute Gasteiger partial charge is 0.305 e. The molecule has 0 bridgehead atoms. The fourth-order valence-electron chi connectivity index (χ4n) is 1.91. The third-order valence-corrected chi connectivity index (χ3v) is 3.55. The first kappa shape index (κ1) is 24.1. The van der Waals surface area contributed by atoms with Crippen molar-refractivity contribution in [3.8, 4) is 0 Å². The normalized spacial score (nSPS) is 14.3. The van der Waals surface area contributed by atoms with Gasteiger partial charge in [-0.25, -0.2) is 0 Å². The molecule has 0 aromatic rings. The summed E-state index contributed by atoms with van der Waals surface area (Å²) in [5.41, 5.74) is 0. The number of carboxylic acids is 1. The number of carboxylic acid groups (broad SMARTS) is 1. The molecule has 0 aliphatic heterocycles. The van der Waals surface area contributed by atoms with E-state index in [2.05, 4.69) is 16.0 Å². The maximum Gasteiger partial charge on any atom is 0.305 e. The second-order valence-corrected chi connectivity index (χ2v) is 7.24. The van der Waals surface area contributed by atoms with Gasteiger partial charge in [-0.3, -0.25) is 19.2 Å². The zero-order chi connectivity index (χ0) is 20.4. The highest BCUT2D eigenvalue weighted by molar-refractivity contribution is 6.45. The molecule has 0 radical (unpaired) electrons. The van der Waals surface area contributed by atoms with Crippen molar-refractivity contribution in [3.05, 3.63) is 0 Å². The van der Waals surface area contributed by atoms with Crippen LogP contribution in [0.1, 0.15) is 33.6 Å². The van der Waals surface area contributed by atoms with Crippen molar-refractivity contribution in [3.63, 3.8) is 0 Å². The van der Waals surface area contributed by atoms with Crippen LogP contribution in [0.2, 0.25) is 0 Å². The van der Waals surface area contributed by atoms with Gasteiger partial charge in [0.1, 0.15) is 23.2 Å². The number of aldehydes is 1. The lowest BCUT2D eigenvalue weighted by molar-refractivity contribution is -0.139. The summed E-state index contributed by atoms with van der Waals surface area (Å²) < 4.78 is 0. The number of carbonyl (C=O) groups excluding carboxylic acids is 4. The van der Waals surface area contributed by atoms with Gasteiger partial charge in [-0.05, 0) is 12.8 Å². The van der Waals surface area contributed by atoms with E-state index in [4.69, 9.17) is 28.3 Å². The quantitative estimate of drug-likeness (QED) is 0.278. The van der Waals surface area contributed by atoms with Crippen LogP contribution in [0.3, 0.4) is 0 Å². The minimum Gasteiger partial charge on any atom is -0.481 e. The van der Waals surface area contributed by atoms with Crippen LogP contribution in [0.4, 0.5) is 0 Å². The Hall–Kier alpha value is -1.87. The standard InChI is InChI=1S/C15H23Cl2N3O6/c1-7(2)13(20-11(22)5-10(16)17)15(26)18-8(3)14(25)19-9(6-21)4-12(23)24/h6-10,13H,4-5H2,1-3H3,(H,18,26)(H,19,25)(H,20,22)(H,23,24)/t8-,9-,13-/m0/s1. The molecule has 0 saturated carbocycles. The molecule has 9 nitrogen and oxygen atoms in total. The Morgan fingerprint density at radius 3 is 1.96 bits per heavy atom. The van der Waals surface area contributed by atoms with Crippen LogP contribution in [0.25, 0.3) is 0 Å². The van der Waals surface area contributed by atoms with Crippen molar-refractivity contribution in [2.45, 2.75) is 56.6 Å². The molecule has 0 aliphatic carbocycles. The van der Waals surface area contributed by atoms with E-state index < -0.39 is 53.1 Å². The van der Waals surface area contributed by atoms with Gasteiger partial charge in [-0.1, -0.05) is 13.8 Å². The monoisotopic (exact) mass is 411 g/mol. The fourth-order valence-corrected chi connectivity index (χ4v) is 2.19. The first-order valence-electron chi connectivity index (χ1n) is 7.83. The molecular weight excluding hydrogens is 389 g/mol. The van der Waals surface area contributed by atoms with E-state index in [1.54, 1.807) is 13.8 Å². The lowest BCUT2D eigenvalue weighted by atomic mass is 10.0. The summed E-state index contributed by atoms with van der Waals surface area (Å²) in [6.07, 6.45) is -0.461. The average Bonchev–Trinajstić information content (AvgIpc) is 2.49. The van der Waals surface area contributed by atoms with Crippen molar-refractivity contribution >= 4 is 53.2 Å². The summed E-state index contributed by atoms with van der Waals surface area (Å²) in [5.74, 6) is -3.40. The number of hydrogen-bond donors (Lipinski definition) is 4. The van der Waals surface area contributed by atoms with E-state index in [1.165, 1.54) is 6.92 Å². The molecule has 0 rings (SSSR count). The van der Waals surface area contributed by atoms with Crippen molar-refractivity contribution in [2.75, 3.05) is 0 Å². The highest BCUT2D eigenvalue weighted by Gasteiger charge is 2.28. The van der Waals surface area contributed by atoms with Crippen molar-refractivity contribution < 1.29 is 29.1 Å². The van der Waals surface area contributed by atoms with E-state index in [9.17, 15) is 24.0 Å². The van der Waals surface area contributed by atoms with Gasteiger partial charge >= 0.3 is 5.97 Å². The molecule has 148 valence electrons. The number of alkyl halides is 2. The second kappa shape index (κ2) is 11.7. The number of rotatable bonds is 11. The summed E-state index contributed by atoms with van der Waals surface area (Å²) in [7, 11) is 0. The fraction of sp³-hybridized carbons (Fsp3) is 0.667. The van der Waals surface area contributed by atoms with Crippen LogP contribution in [0.15, 0.2) is 0 Å². The minimum absolute atomic E-state index is 0.189. The molecule has 4 N–H and O–H groups in total. The van der Waals surface area contributed by atoms with Crippen molar-refractivity contribution in [1.29, 1.82) is 0 Å². The van der Waals surface area contributed by atoms with E-state index in [1.807, 2.05) is 0 Å². The Morgan fingerprint density at radius 1 is 0.962 bits per heavy atom. The number of hydrogen-bond acceptors (Lipinski definition) is 5. The zero-order valence-corrected chi connectivity index (χ0v) is 16.1. The lowest BCUT2D eigenvalue weighted by Gasteiger charge is -2.24. The highest BCUT2D eigenvalue weighted by atomic mass is 35.5. The molecule has 0 unspecified atom stereocenters. The minimum atomic E-state index is -1.25. The van der Waals surface area contributed by atoms with E-state index in [0.29, 0.717) is 6.29 Å². The van der Waals surface area contributed by atoms with Gasteiger partial charge in [0.15, 0.2) is 0 Å². The molecule has 26 heavy (non-hydrogen) atoms. The number of nitrogens with one attached hydrogen (secondary N) is 3. The molecule has 11 heteroatoms. The average molecular weight is 412 g/mol. The van der Waals surface area contributed by atoms with Gasteiger partial charge < -0.3 is 25.9 Å². The molecule has 0 spiro atoms. The molecule has 3 atom stereocenters. The predicted molar refractivity (Wildman–Crippen MR) is 94.7 cm³/mol. The summed E-state index contributed by atoms with van der Waals surface area (Å²) in [6.45, 7) is 4.76. The lowest BCUT2D eigenvalue weighted by Crippen LogP contribution is -2.55. The highest BCUT2D eigenvalue weighted by Crippen LogP contribution is 2.08. The summed E-state index contributed by atoms with van der Waals surface area (Å²) >= 11 is 11.0. The Balaban J connectivity index is 4.80. The summed E-state index contributed by atoms with van der Waals surface area (Å²) in [4.78, 5) is 56.5. The van der Waals surface area contributed by atoms with Gasteiger partial charge in [-0.15, -0.1) is 23.2 Å². The van der Waals surface area contributed by atoms with Crippen molar-refractivity contribution in [2.24, 2.45) is 5.92 Å². The van der Waals surface area contributed by atoms with Gasteiger partial charge in [0.2, 0.25) is 17.7 Å². The molecule has 0 aromatic carbocycles. The Kier molecular flexibility index (Phi) is 10.8. The molecule has 0 heterocycles. The first-order valence-corrected chi connectivity index (χ1v) is 8.70. The number of carbonyl (C=O) groups is 5. The Morgan fingerprint density at radius 2 is 1.54 bits per heavy atom. The third-order valence-electron chi connectivity index (χ3n) is 3.24. The molecular formula is C15H23Cl2N3O6. The van der Waals surface area contributed by atoms with Gasteiger partial charge in [0.05, 0.1) is 18.9 Å². The Bertz CT molecular complexity index is 541. The molecule has 0 saturated heterocycles. The van der Waals surface area contributed by atoms with Crippen LogP contribution in [0.5, 0.6) is 0 Å². The largest absolute Gasteiger partial charge is 0.481 e. The second-order valence-electron chi connectivity index (χ2n) is 5.96. The van der Waals surface area contributed by atoms with E-state index >= 15 is 0 Å². The third kappa shape index (κ3) is 9.57. The molecule has 0 aliphatic rings. The zero-order valence-electron chi connectivity index (χ0n) is 14.6. The van der Waals surface area contributed by atoms with Crippen LogP contribution in [-0.2, 0) is 24.0 Å². The maximum absolute atomic E-state index is 12.3. The van der Waals surface area contributed by atoms with Crippen LogP contribution in [0, 0.1) is 5.92 Å². The SMILES string of the molecule is CC(C)[C@H](NC(=O)CC(Cl)Cl)C(=O)N[C@@H](C)C(=O)N[C@H](C=O)CC(=O)O. The summed E-state index contributed by atoms with van der Waals surface area (Å²) in [5, 5.41) is 15.8. The number of halogens is 2. The maximum atomic E-state index is 12.3. The van der Waals surface area contributed by atoms with Crippen LogP contribution in [-0.4, -0.2) is 58.0 Å². The number of amides is 3. The first-order chi connectivity index (χ1) is 12.0. The van der Waals surface area contributed by atoms with Crippen LogP contribution < -0.4 is 16.0 Å². The molecule has 0 fully saturated rings. The van der Waals surface area contributed by atoms with Gasteiger partial charge in [0.25, 0.3) is 0 Å². The number of aliphatic carboxylic acids is 1. The molecule has 3 amide bonds. The van der Waals surface area contributed by atoms with Crippen LogP contribution >= 0.6 is 23.2 Å². The van der Waals surface area contributed by atoms with Gasteiger partial charge in [0, 0.05) is 0 Å². The summed E-state index contributed by atoms with van der Waals surface area (Å²) in [6, 6.07) is -3.18. The molecule has 0 aromatic heterocycles. The van der Waals surface area contributed by atoms with E-state index in [-0.39, 0.29) is 12.3 Å². The topological polar surface area (TPSA) is 142 Å². The Labute approximate surface area is 161 Å². The van der Waals surface area contributed by atoms with Crippen molar-refractivity contribution in [1.82, 2.24) is 16.0 Å². The van der Waals surface area contributed by atoms with E-state index in [0.717, 1.165) is 0 Å². The predicted octanol–water partition coefficient (Wildman–Crippen LogP) is -0.0159.